The Morgan fingerprint density at radius 1 is 1.10 bits per heavy atom. The van der Waals surface area contributed by atoms with Gasteiger partial charge in [0.2, 0.25) is 17.6 Å². The van der Waals surface area contributed by atoms with E-state index in [-0.39, 0.29) is 12.5 Å². The van der Waals surface area contributed by atoms with Gasteiger partial charge in [0, 0.05) is 37.2 Å². The molecule has 1 aromatic heterocycles. The molecule has 158 valence electrons. The summed E-state index contributed by atoms with van der Waals surface area (Å²) in [6, 6.07) is 16.9. The topological polar surface area (TPSA) is 77.7 Å². The van der Waals surface area contributed by atoms with Crippen LogP contribution in [0.25, 0.3) is 11.4 Å². The molecule has 1 heterocycles. The fraction of sp³-hybridized carbons (Fsp3) is 0.318. The number of carbonyl (C=O) groups is 1. The zero-order chi connectivity index (χ0) is 21.2. The molecule has 3 aromatic rings. The van der Waals surface area contributed by atoms with Gasteiger partial charge < -0.3 is 18.9 Å². The Bertz CT molecular complexity index is 916. The van der Waals surface area contributed by atoms with Crippen molar-refractivity contribution < 1.29 is 18.8 Å². The van der Waals surface area contributed by atoms with Gasteiger partial charge in [0.15, 0.2) is 0 Å². The maximum Gasteiger partial charge on any atom is 0.248 e. The van der Waals surface area contributed by atoms with Crippen molar-refractivity contribution in [1.29, 1.82) is 0 Å². The molecule has 0 fully saturated rings. The number of rotatable bonds is 11. The van der Waals surface area contributed by atoms with E-state index in [9.17, 15) is 4.79 Å². The number of nitrogens with zero attached hydrogens (tertiary/aromatic N) is 3. The summed E-state index contributed by atoms with van der Waals surface area (Å²) < 4.78 is 16.0. The summed E-state index contributed by atoms with van der Waals surface area (Å²) in [5.41, 5.74) is 1.84. The quantitative estimate of drug-likeness (QED) is 0.463. The van der Waals surface area contributed by atoms with Crippen LogP contribution in [0.2, 0.25) is 5.02 Å². The zero-order valence-electron chi connectivity index (χ0n) is 16.8. The van der Waals surface area contributed by atoms with Crippen molar-refractivity contribution in [2.24, 2.45) is 0 Å². The molecule has 30 heavy (non-hydrogen) atoms. The van der Waals surface area contributed by atoms with Crippen molar-refractivity contribution in [3.8, 4) is 11.4 Å². The molecule has 0 radical (unpaired) electrons. The van der Waals surface area contributed by atoms with E-state index in [2.05, 4.69) is 10.1 Å². The van der Waals surface area contributed by atoms with Crippen molar-refractivity contribution in [2.45, 2.75) is 13.0 Å². The van der Waals surface area contributed by atoms with E-state index in [0.29, 0.717) is 49.5 Å². The lowest BCUT2D eigenvalue weighted by molar-refractivity contribution is -0.137. The van der Waals surface area contributed by atoms with Gasteiger partial charge >= 0.3 is 0 Å². The minimum atomic E-state index is -0.111. The van der Waals surface area contributed by atoms with Gasteiger partial charge in [0.05, 0.1) is 13.2 Å². The van der Waals surface area contributed by atoms with E-state index in [1.165, 1.54) is 0 Å². The normalized spacial score (nSPS) is 10.9. The number of ether oxygens (including phenoxy) is 2. The van der Waals surface area contributed by atoms with E-state index in [4.69, 9.17) is 25.6 Å². The zero-order valence-corrected chi connectivity index (χ0v) is 17.5. The predicted molar refractivity (Wildman–Crippen MR) is 113 cm³/mol. The third-order valence-corrected chi connectivity index (χ3v) is 4.67. The number of amides is 1. The number of carbonyl (C=O) groups excluding carboxylic acids is 1. The Morgan fingerprint density at radius 3 is 2.60 bits per heavy atom. The second-order valence-electron chi connectivity index (χ2n) is 6.62. The van der Waals surface area contributed by atoms with Crippen LogP contribution < -0.4 is 0 Å². The third-order valence-electron chi connectivity index (χ3n) is 4.42. The van der Waals surface area contributed by atoms with Gasteiger partial charge in [-0.25, -0.2) is 0 Å². The molecule has 0 unspecified atom stereocenters. The Morgan fingerprint density at radius 2 is 1.87 bits per heavy atom. The molecule has 7 nitrogen and oxygen atoms in total. The maximum absolute atomic E-state index is 12.6. The summed E-state index contributed by atoms with van der Waals surface area (Å²) in [6.07, 6.45) is 0.439. The molecule has 0 aliphatic carbocycles. The molecule has 8 heteroatoms. The molecular weight excluding hydrogens is 406 g/mol. The molecule has 0 atom stereocenters. The summed E-state index contributed by atoms with van der Waals surface area (Å²) >= 11 is 5.91. The highest BCUT2D eigenvalue weighted by Gasteiger charge is 2.16. The van der Waals surface area contributed by atoms with Crippen LogP contribution >= 0.6 is 11.6 Å². The molecule has 0 bridgehead atoms. The maximum atomic E-state index is 12.6. The van der Waals surface area contributed by atoms with Crippen LogP contribution in [-0.4, -0.2) is 54.4 Å². The van der Waals surface area contributed by atoms with Crippen molar-refractivity contribution in [1.82, 2.24) is 15.0 Å². The van der Waals surface area contributed by atoms with Crippen molar-refractivity contribution in [3.05, 3.63) is 71.1 Å². The van der Waals surface area contributed by atoms with E-state index in [1.807, 2.05) is 42.5 Å². The molecule has 0 aliphatic heterocycles. The second kappa shape index (κ2) is 11.4. The van der Waals surface area contributed by atoms with Crippen LogP contribution in [0.4, 0.5) is 0 Å². The van der Waals surface area contributed by atoms with Gasteiger partial charge in [-0.3, -0.25) is 4.79 Å². The molecule has 0 N–H and O–H groups in total. The van der Waals surface area contributed by atoms with Gasteiger partial charge in [-0.2, -0.15) is 4.98 Å². The van der Waals surface area contributed by atoms with Gasteiger partial charge in [-0.1, -0.05) is 47.1 Å². The molecule has 1 amide bonds. The standard InChI is InChI=1S/C22H24ClN3O4/c1-28-14-13-26(21(27)16-29-15-17-5-3-2-4-6-17)12-11-20-24-22(25-30-20)18-7-9-19(23)10-8-18/h2-10H,11-16H2,1H3. The van der Waals surface area contributed by atoms with Gasteiger partial charge in [-0.15, -0.1) is 0 Å². The van der Waals surface area contributed by atoms with Gasteiger partial charge in [0.25, 0.3) is 0 Å². The smallest absolute Gasteiger partial charge is 0.248 e. The second-order valence-corrected chi connectivity index (χ2v) is 7.06. The first-order valence-electron chi connectivity index (χ1n) is 9.62. The lowest BCUT2D eigenvalue weighted by atomic mass is 10.2. The Balaban J connectivity index is 1.52. The highest BCUT2D eigenvalue weighted by molar-refractivity contribution is 6.30. The molecule has 3 rings (SSSR count). The number of benzene rings is 2. The summed E-state index contributed by atoms with van der Waals surface area (Å²) in [7, 11) is 1.60. The van der Waals surface area contributed by atoms with E-state index < -0.39 is 0 Å². The summed E-state index contributed by atoms with van der Waals surface area (Å²) in [5.74, 6) is 0.837. The summed E-state index contributed by atoms with van der Waals surface area (Å²) in [5, 5.41) is 4.65. The first-order chi connectivity index (χ1) is 14.7. The summed E-state index contributed by atoms with van der Waals surface area (Å²) in [4.78, 5) is 18.7. The fourth-order valence-electron chi connectivity index (χ4n) is 2.79. The van der Waals surface area contributed by atoms with Gasteiger partial charge in [-0.05, 0) is 29.8 Å². The number of hydrogen-bond donors (Lipinski definition) is 0. The molecule has 0 saturated heterocycles. The molecular formula is C22H24ClN3O4. The van der Waals surface area contributed by atoms with Crippen LogP contribution in [0.1, 0.15) is 11.5 Å². The minimum Gasteiger partial charge on any atom is -0.383 e. The highest BCUT2D eigenvalue weighted by atomic mass is 35.5. The predicted octanol–water partition coefficient (Wildman–Crippen LogP) is 3.62. The van der Waals surface area contributed by atoms with Crippen LogP contribution in [0, 0.1) is 0 Å². The van der Waals surface area contributed by atoms with Crippen molar-refractivity contribution >= 4 is 17.5 Å². The van der Waals surface area contributed by atoms with Gasteiger partial charge in [0.1, 0.15) is 6.61 Å². The molecule has 0 saturated carbocycles. The lowest BCUT2D eigenvalue weighted by Gasteiger charge is -2.21. The molecule has 0 spiro atoms. The van der Waals surface area contributed by atoms with E-state index in [0.717, 1.165) is 11.1 Å². The monoisotopic (exact) mass is 429 g/mol. The van der Waals surface area contributed by atoms with Crippen LogP contribution in [0.15, 0.2) is 59.1 Å². The van der Waals surface area contributed by atoms with E-state index in [1.54, 1.807) is 24.1 Å². The third kappa shape index (κ3) is 6.66. The summed E-state index contributed by atoms with van der Waals surface area (Å²) in [6.45, 7) is 1.71. The largest absolute Gasteiger partial charge is 0.383 e. The Kier molecular flexibility index (Phi) is 8.38. The number of hydrogen-bond acceptors (Lipinski definition) is 6. The molecule has 0 aliphatic rings. The minimum absolute atomic E-state index is 0.00152. The molecule has 2 aromatic carbocycles. The van der Waals surface area contributed by atoms with E-state index >= 15 is 0 Å². The van der Waals surface area contributed by atoms with Crippen LogP contribution in [0.5, 0.6) is 0 Å². The SMILES string of the molecule is COCCN(CCc1nc(-c2ccc(Cl)cc2)no1)C(=O)COCc1ccccc1. The first-order valence-corrected chi connectivity index (χ1v) is 10.0. The van der Waals surface area contributed by atoms with Crippen LogP contribution in [-0.2, 0) is 27.3 Å². The van der Waals surface area contributed by atoms with Crippen molar-refractivity contribution in [2.75, 3.05) is 33.4 Å². The van der Waals surface area contributed by atoms with Crippen LogP contribution in [0.3, 0.4) is 0 Å². The highest BCUT2D eigenvalue weighted by Crippen LogP contribution is 2.18. The number of aromatic nitrogens is 2. The fourth-order valence-corrected chi connectivity index (χ4v) is 2.91. The Hall–Kier alpha value is -2.74. The first kappa shape index (κ1) is 22.0. The lowest BCUT2D eigenvalue weighted by Crippen LogP contribution is -2.38. The Labute approximate surface area is 180 Å². The average molecular weight is 430 g/mol. The average Bonchev–Trinajstić information content (AvgIpc) is 3.24. The number of methoxy groups -OCH3 is 1. The van der Waals surface area contributed by atoms with Crippen molar-refractivity contribution in [3.63, 3.8) is 0 Å². The number of halogens is 1.